The normalized spacial score (nSPS) is 13.1. The first kappa shape index (κ1) is 21.7. The quantitative estimate of drug-likeness (QED) is 0.724. The number of amides is 1. The largest absolute Gasteiger partial charge is 0.496 e. The van der Waals surface area contributed by atoms with Crippen LogP contribution in [0.5, 0.6) is 5.75 Å². The number of para-hydroxylation sites is 1. The molecule has 1 aromatic rings. The molecule has 2 unspecified atom stereocenters. The molecular formula is C18H31ClN2O2. The van der Waals surface area contributed by atoms with E-state index in [1.165, 1.54) is 0 Å². The Bertz CT molecular complexity index is 466. The van der Waals surface area contributed by atoms with Gasteiger partial charge in [0.1, 0.15) is 5.75 Å². The summed E-state index contributed by atoms with van der Waals surface area (Å²) in [7, 11) is 1.67. The van der Waals surface area contributed by atoms with Crippen LogP contribution in [0.4, 0.5) is 0 Å². The Morgan fingerprint density at radius 1 is 1.26 bits per heavy atom. The van der Waals surface area contributed by atoms with Gasteiger partial charge in [-0.05, 0) is 36.3 Å². The Balaban J connectivity index is 0.00000484. The topological polar surface area (TPSA) is 64.3 Å². The van der Waals surface area contributed by atoms with Gasteiger partial charge in [-0.1, -0.05) is 39.0 Å². The summed E-state index contributed by atoms with van der Waals surface area (Å²) in [6.07, 6.45) is 2.25. The van der Waals surface area contributed by atoms with Crippen LogP contribution in [0.15, 0.2) is 24.3 Å². The molecule has 2 atom stereocenters. The molecule has 0 aliphatic carbocycles. The van der Waals surface area contributed by atoms with Crippen molar-refractivity contribution in [3.05, 3.63) is 29.8 Å². The highest BCUT2D eigenvalue weighted by molar-refractivity contribution is 5.85. The van der Waals surface area contributed by atoms with Gasteiger partial charge in [0.15, 0.2) is 0 Å². The minimum atomic E-state index is 0. The van der Waals surface area contributed by atoms with E-state index in [0.29, 0.717) is 18.9 Å². The number of ether oxygens (including phenoxy) is 1. The van der Waals surface area contributed by atoms with Gasteiger partial charge in [-0.2, -0.15) is 0 Å². The zero-order chi connectivity index (χ0) is 16.5. The summed E-state index contributed by atoms with van der Waals surface area (Å²) in [5.41, 5.74) is 6.87. The van der Waals surface area contributed by atoms with Crippen LogP contribution in [0.1, 0.15) is 39.2 Å². The van der Waals surface area contributed by atoms with Crippen LogP contribution in [0, 0.1) is 11.8 Å². The fraction of sp³-hybridized carbons (Fsp3) is 0.611. The first-order valence-electron chi connectivity index (χ1n) is 8.07. The van der Waals surface area contributed by atoms with Crippen molar-refractivity contribution >= 4 is 18.3 Å². The molecule has 0 aromatic heterocycles. The lowest BCUT2D eigenvalue weighted by molar-refractivity contribution is -0.122. The highest BCUT2D eigenvalue weighted by Gasteiger charge is 2.16. The number of hydrogen-bond acceptors (Lipinski definition) is 3. The van der Waals surface area contributed by atoms with Gasteiger partial charge in [-0.15, -0.1) is 12.4 Å². The number of methoxy groups -OCH3 is 1. The minimum Gasteiger partial charge on any atom is -0.496 e. The van der Waals surface area contributed by atoms with E-state index < -0.39 is 0 Å². The van der Waals surface area contributed by atoms with Crippen molar-refractivity contribution in [1.82, 2.24) is 5.32 Å². The summed E-state index contributed by atoms with van der Waals surface area (Å²) in [4.78, 5) is 12.2. The fourth-order valence-corrected chi connectivity index (χ4v) is 2.71. The molecule has 1 aromatic carbocycles. The molecule has 0 bridgehead atoms. The van der Waals surface area contributed by atoms with Crippen LogP contribution in [-0.4, -0.2) is 25.6 Å². The van der Waals surface area contributed by atoms with Gasteiger partial charge in [0.2, 0.25) is 5.91 Å². The molecule has 23 heavy (non-hydrogen) atoms. The predicted molar refractivity (Wildman–Crippen MR) is 98.2 cm³/mol. The predicted octanol–water partition coefficient (Wildman–Crippen LogP) is 3.18. The SMILES string of the molecule is COc1ccccc1CC(C)CC(=O)NC(CN)CC(C)C.Cl. The van der Waals surface area contributed by atoms with Crippen LogP contribution in [0.3, 0.4) is 0 Å². The van der Waals surface area contributed by atoms with Gasteiger partial charge >= 0.3 is 0 Å². The molecule has 0 saturated heterocycles. The average molecular weight is 343 g/mol. The van der Waals surface area contributed by atoms with Gasteiger partial charge in [-0.3, -0.25) is 4.79 Å². The van der Waals surface area contributed by atoms with Crippen molar-refractivity contribution in [3.8, 4) is 5.75 Å². The minimum absolute atomic E-state index is 0. The van der Waals surface area contributed by atoms with Gasteiger partial charge in [0.05, 0.1) is 7.11 Å². The first-order valence-corrected chi connectivity index (χ1v) is 8.07. The molecule has 0 radical (unpaired) electrons. The summed E-state index contributed by atoms with van der Waals surface area (Å²) >= 11 is 0. The Morgan fingerprint density at radius 3 is 2.48 bits per heavy atom. The Labute approximate surface area is 146 Å². The van der Waals surface area contributed by atoms with E-state index in [4.69, 9.17) is 10.5 Å². The van der Waals surface area contributed by atoms with E-state index in [2.05, 4.69) is 32.2 Å². The molecule has 5 heteroatoms. The number of rotatable bonds is 9. The van der Waals surface area contributed by atoms with E-state index in [-0.39, 0.29) is 30.3 Å². The standard InChI is InChI=1S/C18H30N2O2.ClH/c1-13(2)9-16(12-19)20-18(21)11-14(3)10-15-7-5-6-8-17(15)22-4;/h5-8,13-14,16H,9-12,19H2,1-4H3,(H,20,21);1H. The number of hydrogen-bond donors (Lipinski definition) is 2. The van der Waals surface area contributed by atoms with Crippen molar-refractivity contribution in [3.63, 3.8) is 0 Å². The van der Waals surface area contributed by atoms with Crippen molar-refractivity contribution in [2.45, 2.75) is 46.1 Å². The average Bonchev–Trinajstić information content (AvgIpc) is 2.46. The third-order valence-corrected chi connectivity index (χ3v) is 3.70. The summed E-state index contributed by atoms with van der Waals surface area (Å²) in [6, 6.07) is 8.03. The highest BCUT2D eigenvalue weighted by atomic mass is 35.5. The first-order chi connectivity index (χ1) is 10.5. The van der Waals surface area contributed by atoms with E-state index in [1.807, 2.05) is 18.2 Å². The molecule has 0 aliphatic heterocycles. The summed E-state index contributed by atoms with van der Waals surface area (Å²) in [5, 5.41) is 3.05. The van der Waals surface area contributed by atoms with Crippen molar-refractivity contribution in [2.75, 3.05) is 13.7 Å². The second-order valence-corrected chi connectivity index (χ2v) is 6.45. The van der Waals surface area contributed by atoms with E-state index in [1.54, 1.807) is 7.11 Å². The summed E-state index contributed by atoms with van der Waals surface area (Å²) in [6.45, 7) is 6.86. The second-order valence-electron chi connectivity index (χ2n) is 6.45. The molecular weight excluding hydrogens is 312 g/mol. The zero-order valence-corrected chi connectivity index (χ0v) is 15.5. The maximum Gasteiger partial charge on any atom is 0.220 e. The number of benzene rings is 1. The van der Waals surface area contributed by atoms with E-state index in [9.17, 15) is 4.79 Å². The summed E-state index contributed by atoms with van der Waals surface area (Å²) < 4.78 is 5.36. The molecule has 0 fully saturated rings. The molecule has 4 nitrogen and oxygen atoms in total. The Morgan fingerprint density at radius 2 is 1.91 bits per heavy atom. The third kappa shape index (κ3) is 8.24. The molecule has 132 valence electrons. The van der Waals surface area contributed by atoms with Gasteiger partial charge < -0.3 is 15.8 Å². The van der Waals surface area contributed by atoms with Crippen molar-refractivity contribution < 1.29 is 9.53 Å². The molecule has 0 spiro atoms. The number of carbonyl (C=O) groups excluding carboxylic acids is 1. The summed E-state index contributed by atoms with van der Waals surface area (Å²) in [5.74, 6) is 1.75. The molecule has 0 aliphatic rings. The molecule has 1 rings (SSSR count). The van der Waals surface area contributed by atoms with E-state index >= 15 is 0 Å². The van der Waals surface area contributed by atoms with E-state index in [0.717, 1.165) is 24.2 Å². The monoisotopic (exact) mass is 342 g/mol. The van der Waals surface area contributed by atoms with Crippen LogP contribution in [0.25, 0.3) is 0 Å². The van der Waals surface area contributed by atoms with Crippen LogP contribution in [-0.2, 0) is 11.2 Å². The third-order valence-electron chi connectivity index (χ3n) is 3.70. The van der Waals surface area contributed by atoms with Gasteiger partial charge in [0, 0.05) is 19.0 Å². The maximum atomic E-state index is 12.2. The fourth-order valence-electron chi connectivity index (χ4n) is 2.71. The number of nitrogens with two attached hydrogens (primary N) is 1. The Kier molecular flexibility index (Phi) is 10.7. The number of carbonyl (C=O) groups is 1. The molecule has 0 heterocycles. The number of halogens is 1. The second kappa shape index (κ2) is 11.3. The smallest absolute Gasteiger partial charge is 0.220 e. The highest BCUT2D eigenvalue weighted by Crippen LogP contribution is 2.22. The van der Waals surface area contributed by atoms with Crippen LogP contribution >= 0.6 is 12.4 Å². The Hall–Kier alpha value is -1.26. The lowest BCUT2D eigenvalue weighted by Gasteiger charge is -2.20. The lowest BCUT2D eigenvalue weighted by Crippen LogP contribution is -2.41. The van der Waals surface area contributed by atoms with Crippen LogP contribution < -0.4 is 15.8 Å². The molecule has 3 N–H and O–H groups in total. The zero-order valence-electron chi connectivity index (χ0n) is 14.7. The number of nitrogens with one attached hydrogen (secondary N) is 1. The maximum absolute atomic E-state index is 12.2. The van der Waals surface area contributed by atoms with Crippen molar-refractivity contribution in [1.29, 1.82) is 0 Å². The van der Waals surface area contributed by atoms with Gasteiger partial charge in [0.25, 0.3) is 0 Å². The van der Waals surface area contributed by atoms with Gasteiger partial charge in [-0.25, -0.2) is 0 Å². The lowest BCUT2D eigenvalue weighted by atomic mass is 9.96. The molecule has 1 amide bonds. The molecule has 0 saturated carbocycles. The van der Waals surface area contributed by atoms with Crippen molar-refractivity contribution in [2.24, 2.45) is 17.6 Å². The van der Waals surface area contributed by atoms with Crippen LogP contribution in [0.2, 0.25) is 0 Å².